The van der Waals surface area contributed by atoms with Gasteiger partial charge in [-0.25, -0.2) is 4.98 Å². The lowest BCUT2D eigenvalue weighted by molar-refractivity contribution is 0.498. The quantitative estimate of drug-likeness (QED) is 0.697. The number of rotatable bonds is 3. The summed E-state index contributed by atoms with van der Waals surface area (Å²) in [5.41, 5.74) is -0.421. The highest BCUT2D eigenvalue weighted by Crippen LogP contribution is 2.21. The van der Waals surface area contributed by atoms with Crippen molar-refractivity contribution < 1.29 is 0 Å². The average molecular weight is 314 g/mol. The summed E-state index contributed by atoms with van der Waals surface area (Å²) >= 11 is 1.40. The van der Waals surface area contributed by atoms with Crippen LogP contribution in [0.15, 0.2) is 33.9 Å². The van der Waals surface area contributed by atoms with Crippen molar-refractivity contribution in [3.05, 3.63) is 50.7 Å². The van der Waals surface area contributed by atoms with Crippen molar-refractivity contribution in [3.63, 3.8) is 0 Å². The molecule has 2 heterocycles. The van der Waals surface area contributed by atoms with Gasteiger partial charge in [-0.1, -0.05) is 26.0 Å². The molecule has 4 nitrogen and oxygen atoms in total. The summed E-state index contributed by atoms with van der Waals surface area (Å²) in [6.45, 7) is 6.66. The minimum absolute atomic E-state index is 0.208. The predicted octanol–water partition coefficient (Wildman–Crippen LogP) is 3.33. The molecule has 0 fully saturated rings. The van der Waals surface area contributed by atoms with Crippen LogP contribution in [0.3, 0.4) is 0 Å². The molecule has 0 atom stereocenters. The van der Waals surface area contributed by atoms with Gasteiger partial charge in [-0.05, 0) is 31.4 Å². The Morgan fingerprint density at radius 2 is 1.95 bits per heavy atom. The van der Waals surface area contributed by atoms with E-state index in [-0.39, 0.29) is 16.4 Å². The van der Waals surface area contributed by atoms with E-state index in [2.05, 4.69) is 18.8 Å². The molecule has 3 aromatic rings. The van der Waals surface area contributed by atoms with Gasteiger partial charge >= 0.3 is 0 Å². The van der Waals surface area contributed by atoms with Gasteiger partial charge in [0, 0.05) is 16.6 Å². The molecule has 0 aliphatic rings. The molecule has 2 aromatic heterocycles. The monoisotopic (exact) mass is 314 g/mol. The highest BCUT2D eigenvalue weighted by atomic mass is 32.1. The molecule has 0 aliphatic carbocycles. The lowest BCUT2D eigenvalue weighted by Gasteiger charge is -2.12. The van der Waals surface area contributed by atoms with Gasteiger partial charge in [-0.15, -0.1) is 11.3 Å². The number of nitrogens with zero attached hydrogens (tertiary/aromatic N) is 2. The zero-order valence-electron chi connectivity index (χ0n) is 12.9. The van der Waals surface area contributed by atoms with Crippen LogP contribution >= 0.6 is 11.3 Å². The highest BCUT2D eigenvalue weighted by molar-refractivity contribution is 7.24. The first-order chi connectivity index (χ1) is 10.5. The van der Waals surface area contributed by atoms with Crippen LogP contribution in [0.2, 0.25) is 0 Å². The predicted molar refractivity (Wildman–Crippen MR) is 91.8 cm³/mol. The van der Waals surface area contributed by atoms with Crippen molar-refractivity contribution in [1.82, 2.24) is 9.55 Å². The van der Waals surface area contributed by atoms with Crippen LogP contribution in [-0.2, 0) is 6.54 Å². The zero-order valence-corrected chi connectivity index (χ0v) is 13.7. The fourth-order valence-electron chi connectivity index (χ4n) is 2.54. The Hall–Kier alpha value is -2.01. The van der Waals surface area contributed by atoms with Crippen LogP contribution in [0.25, 0.3) is 20.3 Å². The first kappa shape index (κ1) is 14.9. The molecule has 5 heteroatoms. The number of benzene rings is 1. The number of hydrogen-bond acceptors (Lipinski definition) is 4. The summed E-state index contributed by atoms with van der Waals surface area (Å²) in [6, 6.07) is 7.37. The summed E-state index contributed by atoms with van der Waals surface area (Å²) in [6.07, 6.45) is 0.888. The highest BCUT2D eigenvalue weighted by Gasteiger charge is 2.14. The Kier molecular flexibility index (Phi) is 3.83. The fraction of sp³-hybridized carbons (Fsp3) is 0.353. The second kappa shape index (κ2) is 5.65. The average Bonchev–Trinajstić information content (AvgIpc) is 2.46. The molecular weight excluding hydrogens is 296 g/mol. The Labute approximate surface area is 132 Å². The topological polar surface area (TPSA) is 52.0 Å². The minimum atomic E-state index is -0.213. The van der Waals surface area contributed by atoms with Crippen molar-refractivity contribution >= 4 is 31.6 Å². The van der Waals surface area contributed by atoms with E-state index in [1.54, 1.807) is 10.6 Å². The molecular formula is C17H18N2O2S. The lowest BCUT2D eigenvalue weighted by Crippen LogP contribution is -2.28. The summed E-state index contributed by atoms with van der Waals surface area (Å²) < 4.78 is 2.50. The van der Waals surface area contributed by atoms with E-state index in [0.29, 0.717) is 28.5 Å². The van der Waals surface area contributed by atoms with E-state index in [4.69, 9.17) is 0 Å². The second-order valence-electron chi connectivity index (χ2n) is 5.91. The van der Waals surface area contributed by atoms with Crippen LogP contribution in [-0.4, -0.2) is 9.55 Å². The molecule has 0 aliphatic heterocycles. The van der Waals surface area contributed by atoms with Gasteiger partial charge in [-0.2, -0.15) is 0 Å². The van der Waals surface area contributed by atoms with Crippen molar-refractivity contribution in [2.75, 3.05) is 0 Å². The number of aromatic nitrogens is 2. The molecule has 0 bridgehead atoms. The van der Waals surface area contributed by atoms with Crippen molar-refractivity contribution in [1.29, 1.82) is 0 Å². The van der Waals surface area contributed by atoms with Gasteiger partial charge in [0.1, 0.15) is 16.0 Å². The lowest BCUT2D eigenvalue weighted by atomic mass is 10.1. The standard InChI is InChI=1S/C17H18N2O2S/c1-10(2)8-9-19-11(3)18-16-14(17(19)21)15(20)12-6-4-5-7-13(12)22-16/h4-7,10H,8-9H2,1-3H3. The van der Waals surface area contributed by atoms with Crippen LogP contribution in [0, 0.1) is 12.8 Å². The maximum absolute atomic E-state index is 12.8. The van der Waals surface area contributed by atoms with Crippen molar-refractivity contribution in [2.24, 2.45) is 5.92 Å². The number of aryl methyl sites for hydroxylation is 1. The SMILES string of the molecule is Cc1nc2sc3ccccc3c(=O)c2c(=O)n1CCC(C)C. The molecule has 114 valence electrons. The summed E-state index contributed by atoms with van der Waals surface area (Å²) in [5.74, 6) is 1.16. The molecule has 0 N–H and O–H groups in total. The van der Waals surface area contributed by atoms with E-state index < -0.39 is 0 Å². The molecule has 3 rings (SSSR count). The van der Waals surface area contributed by atoms with Crippen molar-refractivity contribution in [3.8, 4) is 0 Å². The van der Waals surface area contributed by atoms with Crippen LogP contribution < -0.4 is 11.0 Å². The van der Waals surface area contributed by atoms with E-state index in [0.717, 1.165) is 11.1 Å². The van der Waals surface area contributed by atoms with E-state index in [9.17, 15) is 9.59 Å². The summed E-state index contributed by atoms with van der Waals surface area (Å²) in [5, 5.41) is 0.816. The van der Waals surface area contributed by atoms with Gasteiger partial charge in [-0.3, -0.25) is 14.2 Å². The summed E-state index contributed by atoms with van der Waals surface area (Å²) in [7, 11) is 0. The third-order valence-electron chi connectivity index (χ3n) is 3.82. The fourth-order valence-corrected chi connectivity index (χ4v) is 3.62. The normalized spacial score (nSPS) is 11.6. The van der Waals surface area contributed by atoms with E-state index in [1.807, 2.05) is 25.1 Å². The van der Waals surface area contributed by atoms with Crippen molar-refractivity contribution in [2.45, 2.75) is 33.7 Å². The van der Waals surface area contributed by atoms with Gasteiger partial charge in [0.25, 0.3) is 5.56 Å². The molecule has 0 radical (unpaired) electrons. The van der Waals surface area contributed by atoms with Crippen LogP contribution in [0.5, 0.6) is 0 Å². The minimum Gasteiger partial charge on any atom is -0.296 e. The van der Waals surface area contributed by atoms with Crippen LogP contribution in [0.4, 0.5) is 0 Å². The smallest absolute Gasteiger partial charge is 0.266 e. The van der Waals surface area contributed by atoms with Crippen LogP contribution in [0.1, 0.15) is 26.1 Å². The molecule has 1 aromatic carbocycles. The molecule has 0 amide bonds. The molecule has 0 saturated heterocycles. The van der Waals surface area contributed by atoms with E-state index in [1.165, 1.54) is 11.3 Å². The molecule has 0 saturated carbocycles. The Bertz CT molecular complexity index is 970. The Morgan fingerprint density at radius 3 is 2.68 bits per heavy atom. The van der Waals surface area contributed by atoms with Gasteiger partial charge in [0.05, 0.1) is 0 Å². The molecule has 0 unspecified atom stereocenters. The van der Waals surface area contributed by atoms with E-state index >= 15 is 0 Å². The van der Waals surface area contributed by atoms with Gasteiger partial charge < -0.3 is 0 Å². The number of fused-ring (bicyclic) bond motifs is 2. The van der Waals surface area contributed by atoms with Gasteiger partial charge in [0.2, 0.25) is 5.43 Å². The maximum atomic E-state index is 12.8. The Balaban J connectivity index is 2.34. The first-order valence-electron chi connectivity index (χ1n) is 7.42. The third-order valence-corrected chi connectivity index (χ3v) is 4.89. The first-order valence-corrected chi connectivity index (χ1v) is 8.23. The second-order valence-corrected chi connectivity index (χ2v) is 6.94. The largest absolute Gasteiger partial charge is 0.296 e. The number of hydrogen-bond donors (Lipinski definition) is 0. The summed E-state index contributed by atoms with van der Waals surface area (Å²) in [4.78, 5) is 30.5. The molecule has 0 spiro atoms. The Morgan fingerprint density at radius 1 is 1.23 bits per heavy atom. The maximum Gasteiger partial charge on any atom is 0.266 e. The third kappa shape index (κ3) is 2.46. The molecule has 22 heavy (non-hydrogen) atoms. The zero-order chi connectivity index (χ0) is 15.9. The van der Waals surface area contributed by atoms with Gasteiger partial charge in [0.15, 0.2) is 0 Å².